The van der Waals surface area contributed by atoms with Gasteiger partial charge in [-0.25, -0.2) is 0 Å². The summed E-state index contributed by atoms with van der Waals surface area (Å²) < 4.78 is 11.0. The Labute approximate surface area is 90.4 Å². The first-order chi connectivity index (χ1) is 7.14. The van der Waals surface area contributed by atoms with E-state index in [1.807, 2.05) is 31.2 Å². The van der Waals surface area contributed by atoms with Crippen LogP contribution in [0.3, 0.4) is 0 Å². The second kappa shape index (κ2) is 3.83. The van der Waals surface area contributed by atoms with Crippen LogP contribution in [0.25, 0.3) is 0 Å². The predicted molar refractivity (Wildman–Crippen MR) is 58.9 cm³/mol. The molecule has 82 valence electrons. The van der Waals surface area contributed by atoms with Crippen molar-refractivity contribution in [2.45, 2.75) is 25.6 Å². The fourth-order valence-electron chi connectivity index (χ4n) is 1.93. The van der Waals surface area contributed by atoms with E-state index in [0.29, 0.717) is 6.04 Å². The Bertz CT molecular complexity index is 353. The molecular weight excluding hydrogens is 190 g/mol. The van der Waals surface area contributed by atoms with Crippen molar-refractivity contribution in [2.75, 3.05) is 13.7 Å². The predicted octanol–water partition coefficient (Wildman–Crippen LogP) is 1.88. The molecule has 0 aliphatic carbocycles. The minimum absolute atomic E-state index is 0.381. The van der Waals surface area contributed by atoms with Crippen molar-refractivity contribution in [1.82, 2.24) is 5.32 Å². The van der Waals surface area contributed by atoms with Gasteiger partial charge in [-0.3, -0.25) is 5.32 Å². The molecule has 1 saturated heterocycles. The fourth-order valence-corrected chi connectivity index (χ4v) is 1.93. The first-order valence-electron chi connectivity index (χ1n) is 5.20. The Morgan fingerprint density at radius 2 is 2.33 bits per heavy atom. The molecule has 3 nitrogen and oxygen atoms in total. The first-order valence-corrected chi connectivity index (χ1v) is 5.20. The second-order valence-electron chi connectivity index (χ2n) is 4.12. The largest absolute Gasteiger partial charge is 0.497 e. The van der Waals surface area contributed by atoms with Gasteiger partial charge in [-0.05, 0) is 26.0 Å². The Balaban J connectivity index is 2.28. The molecule has 2 atom stereocenters. The van der Waals surface area contributed by atoms with Crippen LogP contribution in [0.4, 0.5) is 0 Å². The molecule has 1 heterocycles. The summed E-state index contributed by atoms with van der Waals surface area (Å²) in [5.74, 6) is 0.860. The van der Waals surface area contributed by atoms with E-state index < -0.39 is 0 Å². The third-order valence-electron chi connectivity index (χ3n) is 2.76. The van der Waals surface area contributed by atoms with Crippen LogP contribution < -0.4 is 10.1 Å². The SMILES string of the molecule is COc1cccc(C2(C)NC(C)CO2)c1. The molecule has 0 bridgehead atoms. The molecule has 2 rings (SSSR count). The van der Waals surface area contributed by atoms with Crippen LogP contribution in [0.15, 0.2) is 24.3 Å². The molecule has 3 heteroatoms. The number of hydrogen-bond acceptors (Lipinski definition) is 3. The smallest absolute Gasteiger partial charge is 0.142 e. The zero-order chi connectivity index (χ0) is 10.9. The van der Waals surface area contributed by atoms with Crippen molar-refractivity contribution in [3.05, 3.63) is 29.8 Å². The van der Waals surface area contributed by atoms with E-state index in [0.717, 1.165) is 17.9 Å². The maximum Gasteiger partial charge on any atom is 0.142 e. The first kappa shape index (κ1) is 10.5. The van der Waals surface area contributed by atoms with Crippen LogP contribution >= 0.6 is 0 Å². The molecular formula is C12H17NO2. The Kier molecular flexibility index (Phi) is 2.67. The lowest BCUT2D eigenvalue weighted by Gasteiger charge is -2.25. The van der Waals surface area contributed by atoms with Crippen molar-refractivity contribution < 1.29 is 9.47 Å². The average Bonchev–Trinajstić information content (AvgIpc) is 2.60. The highest BCUT2D eigenvalue weighted by atomic mass is 16.5. The standard InChI is InChI=1S/C12H17NO2/c1-9-8-15-12(2,13-9)10-5-4-6-11(7-10)14-3/h4-7,9,13H,8H2,1-3H3. The van der Waals surface area contributed by atoms with Gasteiger partial charge in [0.05, 0.1) is 13.7 Å². The van der Waals surface area contributed by atoms with E-state index >= 15 is 0 Å². The van der Waals surface area contributed by atoms with E-state index in [4.69, 9.17) is 9.47 Å². The maximum atomic E-state index is 5.77. The Morgan fingerprint density at radius 3 is 2.93 bits per heavy atom. The number of benzene rings is 1. The number of nitrogens with one attached hydrogen (secondary N) is 1. The second-order valence-corrected chi connectivity index (χ2v) is 4.12. The maximum absolute atomic E-state index is 5.77. The lowest BCUT2D eigenvalue weighted by atomic mass is 10.0. The minimum Gasteiger partial charge on any atom is -0.497 e. The van der Waals surface area contributed by atoms with E-state index in [2.05, 4.69) is 12.2 Å². The van der Waals surface area contributed by atoms with Gasteiger partial charge in [-0.1, -0.05) is 12.1 Å². The van der Waals surface area contributed by atoms with Crippen LogP contribution in [0.1, 0.15) is 19.4 Å². The zero-order valence-corrected chi connectivity index (χ0v) is 9.41. The van der Waals surface area contributed by atoms with Gasteiger partial charge in [-0.2, -0.15) is 0 Å². The van der Waals surface area contributed by atoms with Crippen LogP contribution in [0.2, 0.25) is 0 Å². The summed E-state index contributed by atoms with van der Waals surface area (Å²) >= 11 is 0. The topological polar surface area (TPSA) is 30.5 Å². The molecule has 2 unspecified atom stereocenters. The molecule has 0 radical (unpaired) electrons. The van der Waals surface area contributed by atoms with Crippen molar-refractivity contribution in [2.24, 2.45) is 0 Å². The van der Waals surface area contributed by atoms with E-state index in [-0.39, 0.29) is 5.72 Å². The lowest BCUT2D eigenvalue weighted by Crippen LogP contribution is -2.37. The molecule has 1 N–H and O–H groups in total. The molecule has 15 heavy (non-hydrogen) atoms. The fraction of sp³-hybridized carbons (Fsp3) is 0.500. The van der Waals surface area contributed by atoms with E-state index in [1.54, 1.807) is 7.11 Å². The molecule has 0 saturated carbocycles. The molecule has 1 aliphatic rings. The van der Waals surface area contributed by atoms with Crippen molar-refractivity contribution >= 4 is 0 Å². The number of ether oxygens (including phenoxy) is 2. The monoisotopic (exact) mass is 207 g/mol. The van der Waals surface area contributed by atoms with Gasteiger partial charge in [0.15, 0.2) is 0 Å². The van der Waals surface area contributed by atoms with Crippen molar-refractivity contribution in [3.63, 3.8) is 0 Å². The van der Waals surface area contributed by atoms with Gasteiger partial charge in [0, 0.05) is 11.6 Å². The summed E-state index contributed by atoms with van der Waals surface area (Å²) in [6, 6.07) is 8.36. The van der Waals surface area contributed by atoms with Gasteiger partial charge in [0.1, 0.15) is 11.5 Å². The highest BCUT2D eigenvalue weighted by Gasteiger charge is 2.35. The van der Waals surface area contributed by atoms with Crippen LogP contribution in [-0.2, 0) is 10.5 Å². The summed E-state index contributed by atoms with van der Waals surface area (Å²) in [5, 5.41) is 3.42. The Hall–Kier alpha value is -1.06. The van der Waals surface area contributed by atoms with Crippen molar-refractivity contribution in [3.8, 4) is 5.75 Å². The number of hydrogen-bond donors (Lipinski definition) is 1. The van der Waals surface area contributed by atoms with Gasteiger partial charge in [0.2, 0.25) is 0 Å². The third-order valence-corrected chi connectivity index (χ3v) is 2.76. The quantitative estimate of drug-likeness (QED) is 0.803. The van der Waals surface area contributed by atoms with Crippen molar-refractivity contribution in [1.29, 1.82) is 0 Å². The van der Waals surface area contributed by atoms with Gasteiger partial charge < -0.3 is 9.47 Å². The van der Waals surface area contributed by atoms with Crippen LogP contribution in [0, 0.1) is 0 Å². The van der Waals surface area contributed by atoms with Gasteiger partial charge >= 0.3 is 0 Å². The van der Waals surface area contributed by atoms with E-state index in [9.17, 15) is 0 Å². The lowest BCUT2D eigenvalue weighted by molar-refractivity contribution is 0.00222. The van der Waals surface area contributed by atoms with Crippen LogP contribution in [-0.4, -0.2) is 19.8 Å². The van der Waals surface area contributed by atoms with Gasteiger partial charge in [-0.15, -0.1) is 0 Å². The molecule has 0 amide bonds. The summed E-state index contributed by atoms with van der Waals surface area (Å²) in [4.78, 5) is 0. The summed E-state index contributed by atoms with van der Waals surface area (Å²) in [6.07, 6.45) is 0. The molecule has 1 aromatic rings. The minimum atomic E-state index is -0.381. The Morgan fingerprint density at radius 1 is 1.53 bits per heavy atom. The highest BCUT2D eigenvalue weighted by Crippen LogP contribution is 2.29. The zero-order valence-electron chi connectivity index (χ0n) is 9.41. The normalized spacial score (nSPS) is 30.5. The number of methoxy groups -OCH3 is 1. The molecule has 1 aromatic carbocycles. The number of rotatable bonds is 2. The van der Waals surface area contributed by atoms with Crippen LogP contribution in [0.5, 0.6) is 5.75 Å². The van der Waals surface area contributed by atoms with E-state index in [1.165, 1.54) is 0 Å². The van der Waals surface area contributed by atoms with Gasteiger partial charge in [0.25, 0.3) is 0 Å². The molecule has 1 aliphatic heterocycles. The molecule has 1 fully saturated rings. The molecule has 0 aromatic heterocycles. The highest BCUT2D eigenvalue weighted by molar-refractivity contribution is 5.32. The summed E-state index contributed by atoms with van der Waals surface area (Å²) in [6.45, 7) is 4.91. The summed E-state index contributed by atoms with van der Waals surface area (Å²) in [7, 11) is 1.67. The molecule has 0 spiro atoms. The summed E-state index contributed by atoms with van der Waals surface area (Å²) in [5.41, 5.74) is 0.722. The third kappa shape index (κ3) is 1.98. The average molecular weight is 207 g/mol.